The number of hydrogen-bond donors (Lipinski definition) is 2. The highest BCUT2D eigenvalue weighted by atomic mass is 32.1. The van der Waals surface area contributed by atoms with E-state index in [4.69, 9.17) is 0 Å². The first-order valence-corrected chi connectivity index (χ1v) is 3.92. The van der Waals surface area contributed by atoms with Crippen molar-refractivity contribution in [1.29, 1.82) is 0 Å². The van der Waals surface area contributed by atoms with Gasteiger partial charge in [-0.2, -0.15) is 12.6 Å². The Morgan fingerprint density at radius 2 is 2.44 bits per heavy atom. The van der Waals surface area contributed by atoms with Crippen LogP contribution >= 0.6 is 24.0 Å². The molecule has 0 spiro atoms. The minimum atomic E-state index is 0.666. The van der Waals surface area contributed by atoms with Gasteiger partial charge in [-0.1, -0.05) is 11.3 Å². The zero-order chi connectivity index (χ0) is 6.69. The van der Waals surface area contributed by atoms with Crippen LogP contribution in [-0.4, -0.2) is 17.2 Å². The summed E-state index contributed by atoms with van der Waals surface area (Å²) in [6.07, 6.45) is 0. The predicted molar refractivity (Wildman–Crippen MR) is 42.1 cm³/mol. The highest BCUT2D eigenvalue weighted by Crippen LogP contribution is 2.14. The van der Waals surface area contributed by atoms with Crippen molar-refractivity contribution in [3.05, 3.63) is 5.01 Å². The molecule has 50 valence electrons. The summed E-state index contributed by atoms with van der Waals surface area (Å²) in [6.45, 7) is 0. The molecule has 0 aliphatic heterocycles. The first-order chi connectivity index (χ1) is 4.36. The summed E-state index contributed by atoms with van der Waals surface area (Å²) in [6, 6.07) is 0. The first-order valence-electron chi connectivity index (χ1n) is 2.48. The summed E-state index contributed by atoms with van der Waals surface area (Å²) >= 11 is 5.57. The van der Waals surface area contributed by atoms with Crippen molar-refractivity contribution in [3.63, 3.8) is 0 Å². The van der Waals surface area contributed by atoms with E-state index < -0.39 is 0 Å². The summed E-state index contributed by atoms with van der Waals surface area (Å²) < 4.78 is 0. The van der Waals surface area contributed by atoms with Crippen molar-refractivity contribution in [2.45, 2.75) is 5.75 Å². The molecule has 9 heavy (non-hydrogen) atoms. The third-order valence-corrected chi connectivity index (χ3v) is 2.27. The van der Waals surface area contributed by atoms with Crippen LogP contribution in [0.5, 0.6) is 0 Å². The number of rotatable bonds is 2. The van der Waals surface area contributed by atoms with E-state index in [2.05, 4.69) is 28.1 Å². The highest BCUT2D eigenvalue weighted by Gasteiger charge is 1.97. The van der Waals surface area contributed by atoms with Gasteiger partial charge < -0.3 is 5.32 Å². The van der Waals surface area contributed by atoms with Gasteiger partial charge in [0, 0.05) is 12.8 Å². The fourth-order valence-corrected chi connectivity index (χ4v) is 1.23. The van der Waals surface area contributed by atoms with Crippen LogP contribution in [0.1, 0.15) is 5.01 Å². The lowest BCUT2D eigenvalue weighted by Gasteiger charge is -1.83. The molecule has 0 amide bonds. The summed E-state index contributed by atoms with van der Waals surface area (Å²) in [5.41, 5.74) is 0. The van der Waals surface area contributed by atoms with Crippen molar-refractivity contribution in [3.8, 4) is 0 Å². The van der Waals surface area contributed by atoms with Crippen molar-refractivity contribution in [1.82, 2.24) is 10.2 Å². The van der Waals surface area contributed by atoms with Crippen LogP contribution in [0.25, 0.3) is 0 Å². The normalized spacial score (nSPS) is 9.56. The summed E-state index contributed by atoms with van der Waals surface area (Å²) in [7, 11) is 1.82. The average molecular weight is 161 g/mol. The molecule has 0 saturated carbocycles. The maximum absolute atomic E-state index is 4.04. The molecule has 3 nitrogen and oxygen atoms in total. The molecule has 0 aliphatic rings. The molecule has 0 unspecified atom stereocenters. The Hall–Kier alpha value is -0.290. The number of nitrogens with one attached hydrogen (secondary N) is 1. The van der Waals surface area contributed by atoms with Crippen LogP contribution in [0.2, 0.25) is 0 Å². The average Bonchev–Trinajstić information content (AvgIpc) is 2.34. The van der Waals surface area contributed by atoms with Crippen LogP contribution in [-0.2, 0) is 5.75 Å². The lowest BCUT2D eigenvalue weighted by Crippen LogP contribution is -1.84. The fraction of sp³-hybridized carbons (Fsp3) is 0.500. The molecule has 1 aromatic heterocycles. The van der Waals surface area contributed by atoms with Crippen LogP contribution in [0.15, 0.2) is 0 Å². The van der Waals surface area contributed by atoms with Crippen LogP contribution in [0.3, 0.4) is 0 Å². The van der Waals surface area contributed by atoms with Gasteiger partial charge in [0.25, 0.3) is 0 Å². The maximum Gasteiger partial charge on any atom is 0.205 e. The van der Waals surface area contributed by atoms with Crippen molar-refractivity contribution in [2.24, 2.45) is 0 Å². The Morgan fingerprint density at radius 1 is 1.67 bits per heavy atom. The standard InChI is InChI=1S/C4H7N3S2/c1-5-4-7-6-3(2-8)9-4/h8H,2H2,1H3,(H,5,7). The second-order valence-electron chi connectivity index (χ2n) is 1.41. The number of anilines is 1. The van der Waals surface area contributed by atoms with Gasteiger partial charge in [-0.15, -0.1) is 10.2 Å². The lowest BCUT2D eigenvalue weighted by molar-refractivity contribution is 1.04. The lowest BCUT2D eigenvalue weighted by atomic mass is 10.9. The minimum absolute atomic E-state index is 0.666. The Labute approximate surface area is 62.9 Å². The van der Waals surface area contributed by atoms with Gasteiger partial charge in [-0.3, -0.25) is 0 Å². The first kappa shape index (κ1) is 6.82. The number of nitrogens with zero attached hydrogens (tertiary/aromatic N) is 2. The van der Waals surface area contributed by atoms with Gasteiger partial charge in [-0.05, 0) is 0 Å². The third kappa shape index (κ3) is 1.56. The Kier molecular flexibility index (Phi) is 2.29. The molecule has 0 atom stereocenters. The third-order valence-electron chi connectivity index (χ3n) is 0.816. The van der Waals surface area contributed by atoms with Crippen molar-refractivity contribution in [2.75, 3.05) is 12.4 Å². The number of aromatic nitrogens is 2. The van der Waals surface area contributed by atoms with E-state index in [1.54, 1.807) is 0 Å². The molecule has 0 bridgehead atoms. The van der Waals surface area contributed by atoms with Gasteiger partial charge >= 0.3 is 0 Å². The molecule has 1 heterocycles. The zero-order valence-electron chi connectivity index (χ0n) is 4.96. The van der Waals surface area contributed by atoms with E-state index in [0.29, 0.717) is 5.75 Å². The van der Waals surface area contributed by atoms with Gasteiger partial charge in [0.15, 0.2) is 0 Å². The van der Waals surface area contributed by atoms with Crippen LogP contribution in [0, 0.1) is 0 Å². The highest BCUT2D eigenvalue weighted by molar-refractivity contribution is 7.79. The van der Waals surface area contributed by atoms with Gasteiger partial charge in [0.05, 0.1) is 0 Å². The van der Waals surface area contributed by atoms with E-state index in [1.165, 1.54) is 11.3 Å². The molecule has 5 heteroatoms. The summed E-state index contributed by atoms with van der Waals surface area (Å²) in [5, 5.41) is 12.3. The van der Waals surface area contributed by atoms with E-state index in [9.17, 15) is 0 Å². The molecular weight excluding hydrogens is 154 g/mol. The fourth-order valence-electron chi connectivity index (χ4n) is 0.419. The van der Waals surface area contributed by atoms with Crippen molar-refractivity contribution >= 4 is 29.1 Å². The molecule has 0 aromatic carbocycles. The summed E-state index contributed by atoms with van der Waals surface area (Å²) in [4.78, 5) is 0. The SMILES string of the molecule is CNc1nnc(CS)s1. The van der Waals surface area contributed by atoms with Crippen molar-refractivity contribution < 1.29 is 0 Å². The molecule has 0 saturated heterocycles. The number of hydrogen-bond acceptors (Lipinski definition) is 5. The Morgan fingerprint density at radius 3 is 2.78 bits per heavy atom. The quantitative estimate of drug-likeness (QED) is 0.636. The van der Waals surface area contributed by atoms with E-state index in [1.807, 2.05) is 7.05 Å². The Balaban J connectivity index is 2.74. The van der Waals surface area contributed by atoms with E-state index in [-0.39, 0.29) is 0 Å². The minimum Gasteiger partial charge on any atom is -0.363 e. The Bertz CT molecular complexity index is 167. The molecular formula is C4H7N3S2. The second-order valence-corrected chi connectivity index (χ2v) is 2.79. The molecule has 0 aliphatic carbocycles. The number of thiol groups is 1. The van der Waals surface area contributed by atoms with Crippen LogP contribution in [0.4, 0.5) is 5.13 Å². The second kappa shape index (κ2) is 3.03. The smallest absolute Gasteiger partial charge is 0.205 e. The summed E-state index contributed by atoms with van der Waals surface area (Å²) in [5.74, 6) is 0.666. The van der Waals surface area contributed by atoms with E-state index >= 15 is 0 Å². The topological polar surface area (TPSA) is 37.8 Å². The predicted octanol–water partition coefficient (Wildman–Crippen LogP) is 1.01. The zero-order valence-corrected chi connectivity index (χ0v) is 6.67. The molecule has 1 rings (SSSR count). The van der Waals surface area contributed by atoms with E-state index in [0.717, 1.165) is 10.1 Å². The van der Waals surface area contributed by atoms with Gasteiger partial charge in [0.1, 0.15) is 5.01 Å². The maximum atomic E-state index is 4.04. The molecule has 1 N–H and O–H groups in total. The molecule has 0 radical (unpaired) electrons. The molecule has 0 fully saturated rings. The monoisotopic (exact) mass is 161 g/mol. The van der Waals surface area contributed by atoms with Crippen LogP contribution < -0.4 is 5.32 Å². The molecule has 1 aromatic rings. The largest absolute Gasteiger partial charge is 0.363 e. The van der Waals surface area contributed by atoms with Gasteiger partial charge in [-0.25, -0.2) is 0 Å². The van der Waals surface area contributed by atoms with Gasteiger partial charge in [0.2, 0.25) is 5.13 Å².